The van der Waals surface area contributed by atoms with Gasteiger partial charge in [-0.2, -0.15) is 5.10 Å². The van der Waals surface area contributed by atoms with Crippen molar-refractivity contribution < 1.29 is 0 Å². The molecule has 0 saturated carbocycles. The first-order valence-corrected chi connectivity index (χ1v) is 8.01. The third-order valence-electron chi connectivity index (χ3n) is 3.75. The third-order valence-corrected chi connectivity index (χ3v) is 3.75. The van der Waals surface area contributed by atoms with Crippen molar-refractivity contribution in [1.82, 2.24) is 15.1 Å². The van der Waals surface area contributed by atoms with Crippen LogP contribution in [-0.2, 0) is 25.9 Å². The van der Waals surface area contributed by atoms with Crippen molar-refractivity contribution in [2.24, 2.45) is 0 Å². The molecule has 1 N–H and O–H groups in total. The highest BCUT2D eigenvalue weighted by molar-refractivity contribution is 5.18. The van der Waals surface area contributed by atoms with E-state index >= 15 is 0 Å². The van der Waals surface area contributed by atoms with Crippen molar-refractivity contribution in [3.05, 3.63) is 53.3 Å². The van der Waals surface area contributed by atoms with E-state index < -0.39 is 0 Å². The molecule has 3 heteroatoms. The molecule has 2 aromatic rings. The van der Waals surface area contributed by atoms with Crippen LogP contribution in [0.15, 0.2) is 36.5 Å². The summed E-state index contributed by atoms with van der Waals surface area (Å²) in [7, 11) is 0. The molecule has 0 unspecified atom stereocenters. The second-order valence-corrected chi connectivity index (χ2v) is 5.82. The fourth-order valence-electron chi connectivity index (χ4n) is 2.59. The second kappa shape index (κ2) is 7.99. The lowest BCUT2D eigenvalue weighted by Crippen LogP contribution is -2.22. The zero-order valence-corrected chi connectivity index (χ0v) is 13.5. The Hall–Kier alpha value is -1.61. The van der Waals surface area contributed by atoms with E-state index in [1.165, 1.54) is 16.8 Å². The van der Waals surface area contributed by atoms with Crippen LogP contribution in [0.5, 0.6) is 0 Å². The molecule has 1 aromatic carbocycles. The largest absolute Gasteiger partial charge is 0.310 e. The molecule has 0 aliphatic rings. The van der Waals surface area contributed by atoms with Gasteiger partial charge in [-0.05, 0) is 24.8 Å². The van der Waals surface area contributed by atoms with E-state index in [1.807, 2.05) is 6.20 Å². The SMILES string of the molecule is CCc1c(CNC(C)C)cnn1CCCc1ccccc1. The molecular formula is C18H27N3. The summed E-state index contributed by atoms with van der Waals surface area (Å²) in [5.41, 5.74) is 4.12. The van der Waals surface area contributed by atoms with Crippen LogP contribution in [0.4, 0.5) is 0 Å². The molecule has 0 amide bonds. The van der Waals surface area contributed by atoms with Gasteiger partial charge in [0.1, 0.15) is 0 Å². The maximum atomic E-state index is 4.57. The number of hydrogen-bond acceptors (Lipinski definition) is 2. The molecule has 0 spiro atoms. The molecule has 114 valence electrons. The van der Waals surface area contributed by atoms with Crippen LogP contribution in [-0.4, -0.2) is 15.8 Å². The van der Waals surface area contributed by atoms with Crippen LogP contribution in [0, 0.1) is 0 Å². The Morgan fingerprint density at radius 1 is 1.19 bits per heavy atom. The highest BCUT2D eigenvalue weighted by Gasteiger charge is 2.09. The molecule has 1 heterocycles. The highest BCUT2D eigenvalue weighted by Crippen LogP contribution is 2.12. The number of hydrogen-bond donors (Lipinski definition) is 1. The van der Waals surface area contributed by atoms with E-state index in [0.29, 0.717) is 6.04 Å². The standard InChI is InChI=1S/C18H27N3/c1-4-18-17(13-19-15(2)3)14-20-21(18)12-8-11-16-9-6-5-7-10-16/h5-7,9-10,14-15,19H,4,8,11-13H2,1-3H3. The van der Waals surface area contributed by atoms with Gasteiger partial charge in [0.15, 0.2) is 0 Å². The Morgan fingerprint density at radius 3 is 2.62 bits per heavy atom. The fourth-order valence-corrected chi connectivity index (χ4v) is 2.59. The van der Waals surface area contributed by atoms with Crippen molar-refractivity contribution >= 4 is 0 Å². The summed E-state index contributed by atoms with van der Waals surface area (Å²) in [4.78, 5) is 0. The minimum absolute atomic E-state index is 0.510. The summed E-state index contributed by atoms with van der Waals surface area (Å²) < 4.78 is 2.18. The summed E-state index contributed by atoms with van der Waals surface area (Å²) >= 11 is 0. The van der Waals surface area contributed by atoms with Gasteiger partial charge in [0.2, 0.25) is 0 Å². The van der Waals surface area contributed by atoms with Crippen LogP contribution in [0.3, 0.4) is 0 Å². The number of aromatic nitrogens is 2. The van der Waals surface area contributed by atoms with Gasteiger partial charge in [0.25, 0.3) is 0 Å². The van der Waals surface area contributed by atoms with Gasteiger partial charge >= 0.3 is 0 Å². The van der Waals surface area contributed by atoms with Gasteiger partial charge in [-0.1, -0.05) is 51.1 Å². The number of aryl methyl sites for hydroxylation is 2. The van der Waals surface area contributed by atoms with Crippen LogP contribution in [0.25, 0.3) is 0 Å². The molecular weight excluding hydrogens is 258 g/mol. The lowest BCUT2D eigenvalue weighted by Gasteiger charge is -2.10. The van der Waals surface area contributed by atoms with Crippen LogP contribution >= 0.6 is 0 Å². The Labute approximate surface area is 128 Å². The first-order valence-electron chi connectivity index (χ1n) is 8.01. The summed E-state index contributed by atoms with van der Waals surface area (Å²) in [5.74, 6) is 0. The van der Waals surface area contributed by atoms with Crippen LogP contribution in [0.1, 0.15) is 44.0 Å². The van der Waals surface area contributed by atoms with Crippen molar-refractivity contribution in [1.29, 1.82) is 0 Å². The maximum Gasteiger partial charge on any atom is 0.0537 e. The number of benzene rings is 1. The van der Waals surface area contributed by atoms with Crippen molar-refractivity contribution in [3.63, 3.8) is 0 Å². The Bertz CT molecular complexity index is 529. The number of rotatable bonds is 8. The predicted octanol–water partition coefficient (Wildman–Crippen LogP) is 3.58. The van der Waals surface area contributed by atoms with E-state index in [1.54, 1.807) is 0 Å². The Balaban J connectivity index is 1.90. The minimum atomic E-state index is 0.510. The maximum absolute atomic E-state index is 4.57. The molecule has 3 nitrogen and oxygen atoms in total. The summed E-state index contributed by atoms with van der Waals surface area (Å²) in [6.07, 6.45) is 5.32. The zero-order chi connectivity index (χ0) is 15.1. The van der Waals surface area contributed by atoms with Gasteiger partial charge in [-0.15, -0.1) is 0 Å². The molecule has 1 aromatic heterocycles. The average Bonchev–Trinajstić information content (AvgIpc) is 2.88. The van der Waals surface area contributed by atoms with Gasteiger partial charge in [0, 0.05) is 30.4 Å². The van der Waals surface area contributed by atoms with Crippen LogP contribution in [0.2, 0.25) is 0 Å². The number of nitrogens with one attached hydrogen (secondary N) is 1. The van der Waals surface area contributed by atoms with Crippen molar-refractivity contribution in [3.8, 4) is 0 Å². The van der Waals surface area contributed by atoms with Gasteiger partial charge in [0.05, 0.1) is 6.20 Å². The molecule has 0 fully saturated rings. The molecule has 2 rings (SSSR count). The lowest BCUT2D eigenvalue weighted by atomic mass is 10.1. The highest BCUT2D eigenvalue weighted by atomic mass is 15.3. The van der Waals surface area contributed by atoms with E-state index in [-0.39, 0.29) is 0 Å². The predicted molar refractivity (Wildman–Crippen MR) is 88.3 cm³/mol. The summed E-state index contributed by atoms with van der Waals surface area (Å²) in [6.45, 7) is 8.48. The van der Waals surface area contributed by atoms with E-state index in [9.17, 15) is 0 Å². The molecule has 0 aliphatic carbocycles. The quantitative estimate of drug-likeness (QED) is 0.803. The first kappa shape index (κ1) is 15.8. The molecule has 0 saturated heterocycles. The topological polar surface area (TPSA) is 29.9 Å². The summed E-state index contributed by atoms with van der Waals surface area (Å²) in [5, 5.41) is 8.05. The summed E-state index contributed by atoms with van der Waals surface area (Å²) in [6, 6.07) is 11.2. The lowest BCUT2D eigenvalue weighted by molar-refractivity contribution is 0.550. The van der Waals surface area contributed by atoms with E-state index in [0.717, 1.165) is 32.4 Å². The van der Waals surface area contributed by atoms with Crippen molar-refractivity contribution in [2.45, 2.75) is 59.2 Å². The Morgan fingerprint density at radius 2 is 1.95 bits per heavy atom. The molecule has 0 aliphatic heterocycles. The second-order valence-electron chi connectivity index (χ2n) is 5.82. The number of nitrogens with zero attached hydrogens (tertiary/aromatic N) is 2. The minimum Gasteiger partial charge on any atom is -0.310 e. The zero-order valence-electron chi connectivity index (χ0n) is 13.5. The molecule has 0 atom stereocenters. The Kier molecular flexibility index (Phi) is 6.00. The van der Waals surface area contributed by atoms with Crippen LogP contribution < -0.4 is 5.32 Å². The third kappa shape index (κ3) is 4.71. The molecule has 0 bridgehead atoms. The van der Waals surface area contributed by atoms with Gasteiger partial charge < -0.3 is 5.32 Å². The van der Waals surface area contributed by atoms with E-state index in [2.05, 4.69) is 66.2 Å². The first-order chi connectivity index (χ1) is 10.2. The average molecular weight is 285 g/mol. The monoisotopic (exact) mass is 285 g/mol. The molecule has 21 heavy (non-hydrogen) atoms. The molecule has 0 radical (unpaired) electrons. The smallest absolute Gasteiger partial charge is 0.0537 e. The fraction of sp³-hybridized carbons (Fsp3) is 0.500. The normalized spacial score (nSPS) is 11.2. The van der Waals surface area contributed by atoms with Gasteiger partial charge in [-0.25, -0.2) is 0 Å². The van der Waals surface area contributed by atoms with E-state index in [4.69, 9.17) is 0 Å². The van der Waals surface area contributed by atoms with Gasteiger partial charge in [-0.3, -0.25) is 4.68 Å². The van der Waals surface area contributed by atoms with Crippen molar-refractivity contribution in [2.75, 3.05) is 0 Å².